The summed E-state index contributed by atoms with van der Waals surface area (Å²) in [5, 5.41) is 7.92. The number of likely N-dealkylation sites (N-methyl/N-ethyl adjacent to an activating group) is 1. The van der Waals surface area contributed by atoms with Gasteiger partial charge in [-0.25, -0.2) is 0 Å². The summed E-state index contributed by atoms with van der Waals surface area (Å²) in [6.07, 6.45) is 3.03. The van der Waals surface area contributed by atoms with Gasteiger partial charge < -0.3 is 10.2 Å². The van der Waals surface area contributed by atoms with Crippen LogP contribution in [0.15, 0.2) is 10.7 Å². The van der Waals surface area contributed by atoms with Crippen LogP contribution >= 0.6 is 15.9 Å². The molecule has 0 aromatic carbocycles. The fourth-order valence-corrected chi connectivity index (χ4v) is 2.37. The topological polar surface area (TPSA) is 33.1 Å². The maximum Gasteiger partial charge on any atom is 0.0693 e. The number of nitrogens with zero attached hydrogens (tertiary/aromatic N) is 3. The van der Waals surface area contributed by atoms with Crippen molar-refractivity contribution in [1.29, 1.82) is 0 Å². The van der Waals surface area contributed by atoms with Crippen molar-refractivity contribution in [2.45, 2.75) is 32.9 Å². The van der Waals surface area contributed by atoms with Crippen LogP contribution in [0.4, 0.5) is 0 Å². The molecule has 17 heavy (non-hydrogen) atoms. The molecule has 4 nitrogen and oxygen atoms in total. The van der Waals surface area contributed by atoms with Gasteiger partial charge in [0.25, 0.3) is 0 Å². The van der Waals surface area contributed by atoms with Crippen LogP contribution in [0.25, 0.3) is 0 Å². The van der Waals surface area contributed by atoms with E-state index in [1.165, 1.54) is 5.69 Å². The number of hydrogen-bond donors (Lipinski definition) is 1. The van der Waals surface area contributed by atoms with Crippen molar-refractivity contribution >= 4 is 15.9 Å². The van der Waals surface area contributed by atoms with Gasteiger partial charge in [0.1, 0.15) is 0 Å². The maximum absolute atomic E-state index is 4.42. The number of aromatic nitrogens is 2. The second-order valence-electron chi connectivity index (χ2n) is 4.58. The molecule has 1 aromatic rings. The quantitative estimate of drug-likeness (QED) is 0.839. The van der Waals surface area contributed by atoms with Crippen LogP contribution in [0.2, 0.25) is 0 Å². The normalized spacial score (nSPS) is 13.3. The van der Waals surface area contributed by atoms with Crippen LogP contribution in [-0.2, 0) is 6.54 Å². The Morgan fingerprint density at radius 1 is 1.53 bits per heavy atom. The summed E-state index contributed by atoms with van der Waals surface area (Å²) in [7, 11) is 4.16. The highest BCUT2D eigenvalue weighted by Gasteiger charge is 2.15. The van der Waals surface area contributed by atoms with Crippen LogP contribution in [0.5, 0.6) is 0 Å². The highest BCUT2D eigenvalue weighted by atomic mass is 79.9. The van der Waals surface area contributed by atoms with E-state index in [0.717, 1.165) is 30.5 Å². The van der Waals surface area contributed by atoms with Crippen LogP contribution in [0, 0.1) is 0 Å². The Balaban J connectivity index is 2.71. The molecule has 1 unspecified atom stereocenters. The zero-order chi connectivity index (χ0) is 12.8. The van der Waals surface area contributed by atoms with Crippen LogP contribution in [0.3, 0.4) is 0 Å². The second-order valence-corrected chi connectivity index (χ2v) is 5.43. The van der Waals surface area contributed by atoms with Gasteiger partial charge in [0, 0.05) is 12.6 Å². The molecule has 0 amide bonds. The molecule has 0 aliphatic rings. The molecule has 0 bridgehead atoms. The molecule has 0 saturated heterocycles. The average Bonchev–Trinajstić information content (AvgIpc) is 2.64. The first-order chi connectivity index (χ1) is 8.06. The first-order valence-corrected chi connectivity index (χ1v) is 6.94. The predicted octanol–water partition coefficient (Wildman–Crippen LogP) is 2.27. The lowest BCUT2D eigenvalue weighted by Crippen LogP contribution is -2.25. The molecule has 0 saturated carbocycles. The van der Waals surface area contributed by atoms with Crippen LogP contribution in [0.1, 0.15) is 32.0 Å². The molecule has 0 aliphatic carbocycles. The van der Waals surface area contributed by atoms with Gasteiger partial charge in [-0.3, -0.25) is 4.68 Å². The third-order valence-corrected chi connectivity index (χ3v) is 3.31. The Kier molecular flexibility index (Phi) is 6.16. The highest BCUT2D eigenvalue weighted by Crippen LogP contribution is 2.22. The van der Waals surface area contributed by atoms with Crippen molar-refractivity contribution in [1.82, 2.24) is 20.0 Å². The molecule has 0 radical (unpaired) electrons. The molecule has 0 spiro atoms. The Morgan fingerprint density at radius 2 is 2.24 bits per heavy atom. The molecule has 1 rings (SSSR count). The molecule has 1 aromatic heterocycles. The Hall–Kier alpha value is -0.390. The Morgan fingerprint density at radius 3 is 2.82 bits per heavy atom. The SMILES string of the molecule is CCCNC(C)c1c(Br)cnn1CCN(C)C. The molecular weight excluding hydrogens is 280 g/mol. The van der Waals surface area contributed by atoms with Gasteiger partial charge >= 0.3 is 0 Å². The minimum Gasteiger partial charge on any atom is -0.309 e. The zero-order valence-corrected chi connectivity index (χ0v) is 12.8. The lowest BCUT2D eigenvalue weighted by Gasteiger charge is -2.17. The summed E-state index contributed by atoms with van der Waals surface area (Å²) in [5.74, 6) is 0. The first-order valence-electron chi connectivity index (χ1n) is 6.15. The van der Waals surface area contributed by atoms with Gasteiger partial charge in [-0.15, -0.1) is 0 Å². The fraction of sp³-hybridized carbons (Fsp3) is 0.750. The van der Waals surface area contributed by atoms with Crippen molar-refractivity contribution in [3.63, 3.8) is 0 Å². The summed E-state index contributed by atoms with van der Waals surface area (Å²) in [5.41, 5.74) is 1.24. The summed E-state index contributed by atoms with van der Waals surface area (Å²) in [6, 6.07) is 0.328. The summed E-state index contributed by atoms with van der Waals surface area (Å²) >= 11 is 3.58. The van der Waals surface area contributed by atoms with E-state index in [0.29, 0.717) is 6.04 Å². The lowest BCUT2D eigenvalue weighted by molar-refractivity contribution is 0.363. The van der Waals surface area contributed by atoms with E-state index in [-0.39, 0.29) is 0 Å². The summed E-state index contributed by atoms with van der Waals surface area (Å²) in [6.45, 7) is 7.32. The molecule has 0 fully saturated rings. The highest BCUT2D eigenvalue weighted by molar-refractivity contribution is 9.10. The second kappa shape index (κ2) is 7.13. The molecule has 0 aliphatic heterocycles. The van der Waals surface area contributed by atoms with E-state index < -0.39 is 0 Å². The summed E-state index contributed by atoms with van der Waals surface area (Å²) < 4.78 is 3.17. The fourth-order valence-electron chi connectivity index (χ4n) is 1.73. The molecular formula is C12H23BrN4. The van der Waals surface area contributed by atoms with Gasteiger partial charge in [-0.05, 0) is 49.9 Å². The molecule has 1 atom stereocenters. The smallest absolute Gasteiger partial charge is 0.0693 e. The minimum atomic E-state index is 0.328. The summed E-state index contributed by atoms with van der Waals surface area (Å²) in [4.78, 5) is 2.17. The number of rotatable bonds is 7. The van der Waals surface area contributed by atoms with Crippen molar-refractivity contribution in [2.75, 3.05) is 27.2 Å². The number of hydrogen-bond acceptors (Lipinski definition) is 3. The van der Waals surface area contributed by atoms with Crippen molar-refractivity contribution in [3.05, 3.63) is 16.4 Å². The molecule has 1 heterocycles. The van der Waals surface area contributed by atoms with Gasteiger partial charge in [0.2, 0.25) is 0 Å². The van der Waals surface area contributed by atoms with E-state index >= 15 is 0 Å². The number of halogens is 1. The third-order valence-electron chi connectivity index (χ3n) is 2.70. The number of nitrogens with one attached hydrogen (secondary N) is 1. The maximum atomic E-state index is 4.42. The van der Waals surface area contributed by atoms with Gasteiger partial charge in [0.05, 0.1) is 22.9 Å². The Labute approximate surface area is 113 Å². The van der Waals surface area contributed by atoms with Gasteiger partial charge in [-0.2, -0.15) is 5.10 Å². The zero-order valence-electron chi connectivity index (χ0n) is 11.2. The van der Waals surface area contributed by atoms with Crippen LogP contribution < -0.4 is 5.32 Å². The monoisotopic (exact) mass is 302 g/mol. The van der Waals surface area contributed by atoms with E-state index in [2.05, 4.69) is 63.9 Å². The average molecular weight is 303 g/mol. The van der Waals surface area contributed by atoms with Crippen LogP contribution in [-0.4, -0.2) is 41.9 Å². The molecule has 5 heteroatoms. The third kappa shape index (κ3) is 4.41. The van der Waals surface area contributed by atoms with E-state index in [1.54, 1.807) is 0 Å². The van der Waals surface area contributed by atoms with Gasteiger partial charge in [-0.1, -0.05) is 6.92 Å². The largest absolute Gasteiger partial charge is 0.309 e. The van der Waals surface area contributed by atoms with Crippen molar-refractivity contribution in [2.24, 2.45) is 0 Å². The van der Waals surface area contributed by atoms with E-state index in [4.69, 9.17) is 0 Å². The Bertz CT molecular complexity index is 335. The molecule has 1 N–H and O–H groups in total. The lowest BCUT2D eigenvalue weighted by atomic mass is 10.2. The molecule has 98 valence electrons. The van der Waals surface area contributed by atoms with E-state index in [9.17, 15) is 0 Å². The van der Waals surface area contributed by atoms with Crippen molar-refractivity contribution < 1.29 is 0 Å². The van der Waals surface area contributed by atoms with Gasteiger partial charge in [0.15, 0.2) is 0 Å². The predicted molar refractivity (Wildman–Crippen MR) is 75.2 cm³/mol. The minimum absolute atomic E-state index is 0.328. The first kappa shape index (κ1) is 14.7. The van der Waals surface area contributed by atoms with Crippen molar-refractivity contribution in [3.8, 4) is 0 Å². The van der Waals surface area contributed by atoms with E-state index in [1.807, 2.05) is 6.20 Å². The standard InChI is InChI=1S/C12H23BrN4/c1-5-6-14-10(2)12-11(13)9-15-17(12)8-7-16(3)4/h9-10,14H,5-8H2,1-4H3.